The normalized spacial score (nSPS) is 14.8. The largest absolute Gasteiger partial charge is 0.340 e. The average molecular weight is 253 g/mol. The van der Waals surface area contributed by atoms with Crippen LogP contribution in [0.2, 0.25) is 0 Å². The highest BCUT2D eigenvalue weighted by Crippen LogP contribution is 2.28. The van der Waals surface area contributed by atoms with Gasteiger partial charge in [0.1, 0.15) is 11.8 Å². The molecule has 4 rings (SSSR count). The van der Waals surface area contributed by atoms with Crippen molar-refractivity contribution in [2.24, 2.45) is 0 Å². The van der Waals surface area contributed by atoms with E-state index in [-0.39, 0.29) is 0 Å². The minimum absolute atomic E-state index is 0.725. The number of hydrogen-bond donors (Lipinski definition) is 1. The van der Waals surface area contributed by atoms with Gasteiger partial charge >= 0.3 is 0 Å². The second-order valence-electron chi connectivity index (χ2n) is 5.10. The van der Waals surface area contributed by atoms with Crippen molar-refractivity contribution in [2.45, 2.75) is 32.6 Å². The third-order valence-electron chi connectivity index (χ3n) is 3.90. The molecule has 1 N–H and O–H groups in total. The Morgan fingerprint density at radius 2 is 2.05 bits per heavy atom. The first-order valence-corrected chi connectivity index (χ1v) is 6.69. The van der Waals surface area contributed by atoms with Crippen LogP contribution in [-0.4, -0.2) is 24.5 Å². The van der Waals surface area contributed by atoms with E-state index in [1.165, 1.54) is 36.2 Å². The van der Waals surface area contributed by atoms with Crippen LogP contribution < -0.4 is 0 Å². The monoisotopic (exact) mass is 253 g/mol. The van der Waals surface area contributed by atoms with Crippen molar-refractivity contribution >= 4 is 11.2 Å². The van der Waals surface area contributed by atoms with Crippen LogP contribution in [0.3, 0.4) is 0 Å². The van der Waals surface area contributed by atoms with Crippen molar-refractivity contribution in [1.82, 2.24) is 24.5 Å². The number of aromatic nitrogens is 5. The van der Waals surface area contributed by atoms with E-state index in [4.69, 9.17) is 0 Å². The molecule has 96 valence electrons. The zero-order chi connectivity index (χ0) is 12.8. The summed E-state index contributed by atoms with van der Waals surface area (Å²) >= 11 is 0. The van der Waals surface area contributed by atoms with Crippen LogP contribution in [-0.2, 0) is 12.8 Å². The fourth-order valence-corrected chi connectivity index (χ4v) is 3.07. The fraction of sp³-hybridized carbons (Fsp3) is 0.357. The Morgan fingerprint density at radius 3 is 3.00 bits per heavy atom. The summed E-state index contributed by atoms with van der Waals surface area (Å²) in [7, 11) is 0. The molecule has 0 aliphatic heterocycles. The molecular weight excluding hydrogens is 238 g/mol. The van der Waals surface area contributed by atoms with Crippen molar-refractivity contribution in [3.63, 3.8) is 0 Å². The van der Waals surface area contributed by atoms with Gasteiger partial charge in [0.05, 0.1) is 6.33 Å². The summed E-state index contributed by atoms with van der Waals surface area (Å²) in [5, 5.41) is 0. The number of aromatic amines is 1. The van der Waals surface area contributed by atoms with Crippen LogP contribution >= 0.6 is 0 Å². The second-order valence-corrected chi connectivity index (χ2v) is 5.10. The third-order valence-corrected chi connectivity index (χ3v) is 3.90. The zero-order valence-corrected chi connectivity index (χ0v) is 10.8. The first kappa shape index (κ1) is 10.7. The fourth-order valence-electron chi connectivity index (χ4n) is 3.07. The number of aryl methyl sites for hydroxylation is 2. The average Bonchev–Trinajstić information content (AvgIpc) is 3.01. The SMILES string of the molecule is Cc1cc2c(n1-c1ncnc3nc[nH]c13)CCCC2. The van der Waals surface area contributed by atoms with Crippen LogP contribution in [0.15, 0.2) is 18.7 Å². The van der Waals surface area contributed by atoms with E-state index in [1.807, 2.05) is 0 Å². The minimum atomic E-state index is 0.725. The molecule has 0 unspecified atom stereocenters. The van der Waals surface area contributed by atoms with Gasteiger partial charge in [-0.3, -0.25) is 0 Å². The van der Waals surface area contributed by atoms with Gasteiger partial charge in [0.2, 0.25) is 0 Å². The lowest BCUT2D eigenvalue weighted by atomic mass is 9.98. The van der Waals surface area contributed by atoms with Gasteiger partial charge in [-0.05, 0) is 44.2 Å². The zero-order valence-electron chi connectivity index (χ0n) is 10.8. The van der Waals surface area contributed by atoms with Crippen molar-refractivity contribution < 1.29 is 0 Å². The first-order valence-electron chi connectivity index (χ1n) is 6.69. The predicted octanol–water partition coefficient (Wildman–Crippen LogP) is 2.33. The van der Waals surface area contributed by atoms with E-state index in [1.54, 1.807) is 12.7 Å². The summed E-state index contributed by atoms with van der Waals surface area (Å²) in [5.41, 5.74) is 5.74. The summed E-state index contributed by atoms with van der Waals surface area (Å²) in [6, 6.07) is 2.29. The number of nitrogens with one attached hydrogen (secondary N) is 1. The number of fused-ring (bicyclic) bond motifs is 2. The molecule has 5 nitrogen and oxygen atoms in total. The smallest absolute Gasteiger partial charge is 0.182 e. The van der Waals surface area contributed by atoms with Crippen LogP contribution in [0.25, 0.3) is 17.0 Å². The Bertz CT molecular complexity index is 752. The number of nitrogens with zero attached hydrogens (tertiary/aromatic N) is 4. The quantitative estimate of drug-likeness (QED) is 0.724. The maximum absolute atomic E-state index is 4.47. The molecule has 0 radical (unpaired) electrons. The highest BCUT2D eigenvalue weighted by atomic mass is 15.1. The van der Waals surface area contributed by atoms with Crippen LogP contribution in [0.1, 0.15) is 29.8 Å². The van der Waals surface area contributed by atoms with Crippen molar-refractivity contribution in [3.8, 4) is 5.82 Å². The minimum Gasteiger partial charge on any atom is -0.340 e. The van der Waals surface area contributed by atoms with Crippen molar-refractivity contribution in [2.75, 3.05) is 0 Å². The molecule has 0 fully saturated rings. The summed E-state index contributed by atoms with van der Waals surface area (Å²) in [6.07, 6.45) is 8.12. The molecule has 0 saturated heterocycles. The molecule has 0 atom stereocenters. The van der Waals surface area contributed by atoms with E-state index in [0.29, 0.717) is 0 Å². The summed E-state index contributed by atoms with van der Waals surface area (Å²) in [5.74, 6) is 0.920. The Kier molecular flexibility index (Phi) is 2.21. The number of imidazole rings is 1. The number of H-pyrrole nitrogens is 1. The van der Waals surface area contributed by atoms with Gasteiger partial charge in [-0.1, -0.05) is 0 Å². The molecule has 0 spiro atoms. The molecule has 19 heavy (non-hydrogen) atoms. The van der Waals surface area contributed by atoms with Crippen molar-refractivity contribution in [1.29, 1.82) is 0 Å². The molecule has 0 saturated carbocycles. The molecule has 3 heterocycles. The van der Waals surface area contributed by atoms with Gasteiger partial charge in [0.25, 0.3) is 0 Å². The standard InChI is InChI=1S/C14H15N5/c1-9-6-10-4-2-3-5-11(10)19(9)14-12-13(16-7-15-12)17-8-18-14/h6-8H,2-5H2,1H3,(H,15,16,17,18). The van der Waals surface area contributed by atoms with E-state index in [9.17, 15) is 0 Å². The Balaban J connectivity index is 2.02. The lowest BCUT2D eigenvalue weighted by Crippen LogP contribution is -2.09. The topological polar surface area (TPSA) is 59.4 Å². The molecule has 0 amide bonds. The lowest BCUT2D eigenvalue weighted by molar-refractivity contribution is 0.659. The van der Waals surface area contributed by atoms with E-state index in [2.05, 4.69) is 37.5 Å². The molecule has 3 aromatic heterocycles. The van der Waals surface area contributed by atoms with Gasteiger partial charge in [-0.15, -0.1) is 0 Å². The molecule has 0 bridgehead atoms. The van der Waals surface area contributed by atoms with Gasteiger partial charge in [-0.25, -0.2) is 15.0 Å². The maximum atomic E-state index is 4.47. The second kappa shape index (κ2) is 3.91. The van der Waals surface area contributed by atoms with Crippen LogP contribution in [0, 0.1) is 6.92 Å². The van der Waals surface area contributed by atoms with Crippen molar-refractivity contribution in [3.05, 3.63) is 35.7 Å². The third kappa shape index (κ3) is 1.51. The lowest BCUT2D eigenvalue weighted by Gasteiger charge is -2.16. The van der Waals surface area contributed by atoms with Crippen LogP contribution in [0.4, 0.5) is 0 Å². The van der Waals surface area contributed by atoms with Gasteiger partial charge in [-0.2, -0.15) is 0 Å². The van der Waals surface area contributed by atoms with E-state index >= 15 is 0 Å². The number of hydrogen-bond acceptors (Lipinski definition) is 3. The molecule has 0 aromatic carbocycles. The molecule has 3 aromatic rings. The number of rotatable bonds is 1. The molecule has 1 aliphatic carbocycles. The maximum Gasteiger partial charge on any atom is 0.182 e. The highest BCUT2D eigenvalue weighted by Gasteiger charge is 2.19. The Labute approximate surface area is 110 Å². The summed E-state index contributed by atoms with van der Waals surface area (Å²) in [6.45, 7) is 2.14. The Morgan fingerprint density at radius 1 is 1.16 bits per heavy atom. The van der Waals surface area contributed by atoms with E-state index < -0.39 is 0 Å². The van der Waals surface area contributed by atoms with Crippen LogP contribution in [0.5, 0.6) is 0 Å². The van der Waals surface area contributed by atoms with E-state index in [0.717, 1.165) is 23.4 Å². The molecule has 1 aliphatic rings. The summed E-state index contributed by atoms with van der Waals surface area (Å²) < 4.78 is 2.26. The Hall–Kier alpha value is -2.17. The van der Waals surface area contributed by atoms with Gasteiger partial charge < -0.3 is 9.55 Å². The predicted molar refractivity (Wildman–Crippen MR) is 72.4 cm³/mol. The highest BCUT2D eigenvalue weighted by molar-refractivity contribution is 5.78. The summed E-state index contributed by atoms with van der Waals surface area (Å²) in [4.78, 5) is 16.0. The van der Waals surface area contributed by atoms with Gasteiger partial charge in [0, 0.05) is 11.4 Å². The van der Waals surface area contributed by atoms with Gasteiger partial charge in [0.15, 0.2) is 11.5 Å². The first-order chi connectivity index (χ1) is 9.34. The molecular formula is C14H15N5. The molecule has 5 heteroatoms.